The largest absolute Gasteiger partial charge is 0.465 e. The van der Waals surface area contributed by atoms with E-state index in [1.165, 1.54) is 16.7 Å². The van der Waals surface area contributed by atoms with Gasteiger partial charge in [0, 0.05) is 6.20 Å². The molecule has 0 bridgehead atoms. The maximum absolute atomic E-state index is 11.7. The highest BCUT2D eigenvalue weighted by Crippen LogP contribution is 2.23. The van der Waals surface area contributed by atoms with Gasteiger partial charge in [0.25, 0.3) is 0 Å². The number of nitrogens with zero attached hydrogens (tertiary/aromatic N) is 1. The Labute approximate surface area is 93.6 Å². The van der Waals surface area contributed by atoms with Crippen LogP contribution >= 0.6 is 11.8 Å². The van der Waals surface area contributed by atoms with Crippen LogP contribution in [0, 0.1) is 0 Å². The summed E-state index contributed by atoms with van der Waals surface area (Å²) < 4.78 is 4.79. The van der Waals surface area contributed by atoms with Gasteiger partial charge in [0.2, 0.25) is 5.91 Å². The lowest BCUT2D eigenvalue weighted by Gasteiger charge is -2.25. The van der Waals surface area contributed by atoms with E-state index < -0.39 is 0 Å². The fourth-order valence-electron chi connectivity index (χ4n) is 1.27. The SMILES string of the molecule is CCOC(=O)CN1C=CSC(CC)C1=O. The summed E-state index contributed by atoms with van der Waals surface area (Å²) in [5.41, 5.74) is 0. The van der Waals surface area contributed by atoms with Crippen LogP contribution in [0.5, 0.6) is 0 Å². The molecule has 0 aromatic rings. The van der Waals surface area contributed by atoms with Crippen LogP contribution in [0.1, 0.15) is 20.3 Å². The average Bonchev–Trinajstić information content (AvgIpc) is 2.21. The molecule has 0 N–H and O–H groups in total. The molecular formula is C10H15NO3S. The first-order valence-electron chi connectivity index (χ1n) is 4.97. The van der Waals surface area contributed by atoms with Gasteiger partial charge in [0.1, 0.15) is 6.54 Å². The van der Waals surface area contributed by atoms with Crippen molar-refractivity contribution in [2.24, 2.45) is 0 Å². The van der Waals surface area contributed by atoms with E-state index in [1.54, 1.807) is 13.1 Å². The minimum Gasteiger partial charge on any atom is -0.465 e. The number of carbonyl (C=O) groups excluding carboxylic acids is 2. The molecule has 0 aromatic heterocycles. The molecule has 0 spiro atoms. The van der Waals surface area contributed by atoms with Crippen LogP contribution in [0.3, 0.4) is 0 Å². The van der Waals surface area contributed by atoms with Gasteiger partial charge in [0.15, 0.2) is 0 Å². The predicted molar refractivity (Wildman–Crippen MR) is 59.2 cm³/mol. The van der Waals surface area contributed by atoms with Gasteiger partial charge >= 0.3 is 5.97 Å². The number of hydrogen-bond donors (Lipinski definition) is 0. The molecule has 1 unspecified atom stereocenters. The van der Waals surface area contributed by atoms with Crippen molar-refractivity contribution in [1.29, 1.82) is 0 Å². The molecule has 1 heterocycles. The minimum absolute atomic E-state index is 0.0141. The number of hydrogen-bond acceptors (Lipinski definition) is 4. The van der Waals surface area contributed by atoms with E-state index in [0.717, 1.165) is 6.42 Å². The Morgan fingerprint density at radius 3 is 2.93 bits per heavy atom. The van der Waals surface area contributed by atoms with E-state index in [4.69, 9.17) is 4.74 Å². The molecule has 1 amide bonds. The van der Waals surface area contributed by atoms with Gasteiger partial charge in [-0.3, -0.25) is 9.59 Å². The van der Waals surface area contributed by atoms with Gasteiger partial charge in [-0.25, -0.2) is 0 Å². The highest BCUT2D eigenvalue weighted by Gasteiger charge is 2.26. The normalized spacial score (nSPS) is 20.5. The summed E-state index contributed by atoms with van der Waals surface area (Å²) >= 11 is 1.49. The number of carbonyl (C=O) groups is 2. The van der Waals surface area contributed by atoms with E-state index in [-0.39, 0.29) is 23.7 Å². The first-order valence-corrected chi connectivity index (χ1v) is 5.91. The lowest BCUT2D eigenvalue weighted by Crippen LogP contribution is -2.39. The van der Waals surface area contributed by atoms with Crippen LogP contribution in [0.4, 0.5) is 0 Å². The van der Waals surface area contributed by atoms with Gasteiger partial charge in [-0.2, -0.15) is 0 Å². The second-order valence-electron chi connectivity index (χ2n) is 3.09. The second-order valence-corrected chi connectivity index (χ2v) is 4.20. The monoisotopic (exact) mass is 229 g/mol. The van der Waals surface area contributed by atoms with Crippen LogP contribution in [0.15, 0.2) is 11.6 Å². The highest BCUT2D eigenvalue weighted by atomic mass is 32.2. The molecule has 1 aliphatic heterocycles. The average molecular weight is 229 g/mol. The number of amides is 1. The van der Waals surface area contributed by atoms with Crippen molar-refractivity contribution in [3.05, 3.63) is 11.6 Å². The van der Waals surface area contributed by atoms with Gasteiger partial charge in [-0.05, 0) is 18.8 Å². The fraction of sp³-hybridized carbons (Fsp3) is 0.600. The van der Waals surface area contributed by atoms with Crippen LogP contribution in [0.25, 0.3) is 0 Å². The Hall–Kier alpha value is -0.970. The first-order chi connectivity index (χ1) is 7.19. The standard InChI is InChI=1S/C10H15NO3S/c1-3-8-10(13)11(5-6-15-8)7-9(12)14-4-2/h5-6,8H,3-4,7H2,1-2H3. The molecule has 0 radical (unpaired) electrons. The molecule has 0 aliphatic carbocycles. The summed E-state index contributed by atoms with van der Waals surface area (Å²) in [5.74, 6) is -0.379. The lowest BCUT2D eigenvalue weighted by atomic mass is 10.3. The summed E-state index contributed by atoms with van der Waals surface area (Å²) in [5, 5.41) is 1.78. The molecule has 0 saturated heterocycles. The van der Waals surface area contributed by atoms with Crippen LogP contribution in [-0.2, 0) is 14.3 Å². The Balaban J connectivity index is 2.54. The third kappa shape index (κ3) is 3.27. The fourth-order valence-corrected chi connectivity index (χ4v) is 2.12. The van der Waals surface area contributed by atoms with Gasteiger partial charge < -0.3 is 9.64 Å². The summed E-state index contributed by atoms with van der Waals surface area (Å²) in [6.07, 6.45) is 2.41. The van der Waals surface area contributed by atoms with Crippen molar-refractivity contribution >= 4 is 23.6 Å². The molecular weight excluding hydrogens is 214 g/mol. The van der Waals surface area contributed by atoms with Crippen molar-refractivity contribution in [3.63, 3.8) is 0 Å². The van der Waals surface area contributed by atoms with Crippen molar-refractivity contribution in [1.82, 2.24) is 4.90 Å². The van der Waals surface area contributed by atoms with Crippen molar-refractivity contribution in [2.75, 3.05) is 13.2 Å². The predicted octanol–water partition coefficient (Wildman–Crippen LogP) is 1.37. The molecule has 5 heteroatoms. The molecule has 1 rings (SSSR count). The van der Waals surface area contributed by atoms with Crippen molar-refractivity contribution in [3.8, 4) is 0 Å². The zero-order valence-electron chi connectivity index (χ0n) is 8.93. The van der Waals surface area contributed by atoms with E-state index >= 15 is 0 Å². The second kappa shape index (κ2) is 5.80. The van der Waals surface area contributed by atoms with Gasteiger partial charge in [0.05, 0.1) is 11.9 Å². The minimum atomic E-state index is -0.364. The molecule has 15 heavy (non-hydrogen) atoms. The summed E-state index contributed by atoms with van der Waals surface area (Å²) in [4.78, 5) is 24.4. The molecule has 84 valence electrons. The topological polar surface area (TPSA) is 46.6 Å². The quantitative estimate of drug-likeness (QED) is 0.683. The van der Waals surface area contributed by atoms with E-state index in [0.29, 0.717) is 6.61 Å². The van der Waals surface area contributed by atoms with Gasteiger partial charge in [-0.1, -0.05) is 6.92 Å². The zero-order valence-corrected chi connectivity index (χ0v) is 9.75. The van der Waals surface area contributed by atoms with Crippen LogP contribution in [-0.4, -0.2) is 35.2 Å². The van der Waals surface area contributed by atoms with Gasteiger partial charge in [-0.15, -0.1) is 11.8 Å². The Bertz CT molecular complexity index is 278. The van der Waals surface area contributed by atoms with E-state index in [9.17, 15) is 9.59 Å². The first kappa shape index (κ1) is 12.1. The van der Waals surface area contributed by atoms with Crippen molar-refractivity contribution < 1.29 is 14.3 Å². The maximum atomic E-state index is 11.7. The molecule has 0 aromatic carbocycles. The lowest BCUT2D eigenvalue weighted by molar-refractivity contribution is -0.147. The maximum Gasteiger partial charge on any atom is 0.326 e. The zero-order chi connectivity index (χ0) is 11.3. The van der Waals surface area contributed by atoms with Crippen LogP contribution in [0.2, 0.25) is 0 Å². The summed E-state index contributed by atoms with van der Waals surface area (Å²) in [7, 11) is 0. The summed E-state index contributed by atoms with van der Waals surface area (Å²) in [6, 6.07) is 0. The Morgan fingerprint density at radius 2 is 2.33 bits per heavy atom. The molecule has 4 nitrogen and oxygen atoms in total. The highest BCUT2D eigenvalue weighted by molar-refractivity contribution is 8.03. The Kier molecular flexibility index (Phi) is 4.68. The number of ether oxygens (including phenoxy) is 1. The Morgan fingerprint density at radius 1 is 1.60 bits per heavy atom. The molecule has 1 aliphatic rings. The van der Waals surface area contributed by atoms with Crippen LogP contribution < -0.4 is 0 Å². The van der Waals surface area contributed by atoms with E-state index in [2.05, 4.69) is 0 Å². The summed E-state index contributed by atoms with van der Waals surface area (Å²) in [6.45, 7) is 4.06. The smallest absolute Gasteiger partial charge is 0.326 e. The molecule has 0 fully saturated rings. The molecule has 0 saturated carbocycles. The van der Waals surface area contributed by atoms with E-state index in [1.807, 2.05) is 12.3 Å². The van der Waals surface area contributed by atoms with Crippen molar-refractivity contribution in [2.45, 2.75) is 25.5 Å². The molecule has 1 atom stereocenters. The number of rotatable bonds is 4. The third-order valence-corrected chi connectivity index (χ3v) is 3.16. The number of thioether (sulfide) groups is 1. The number of esters is 1. The third-order valence-electron chi connectivity index (χ3n) is 2.02.